The Bertz CT molecular complexity index is 707. The molecule has 1 amide bonds. The summed E-state index contributed by atoms with van der Waals surface area (Å²) in [7, 11) is 0. The lowest BCUT2D eigenvalue weighted by Gasteiger charge is -2.21. The van der Waals surface area contributed by atoms with Crippen molar-refractivity contribution in [3.8, 4) is 0 Å². The van der Waals surface area contributed by atoms with Crippen molar-refractivity contribution >= 4 is 16.9 Å². The maximum Gasteiger partial charge on any atom is 0.407 e. The number of benzene rings is 2. The van der Waals surface area contributed by atoms with Crippen molar-refractivity contribution in [1.29, 1.82) is 0 Å². The molecule has 3 heteroatoms. The standard InChI is InChI=1S/C25H37NO2/c1-4-6-7-8-9-10-17-22(14-5-2)28-25(27)26-20(3)23-19-13-16-21-15-11-12-18-24(21)23/h11-13,15-16,18-20,22H,4-10,14,17H2,1-3H3,(H,26,27). The first-order valence-electron chi connectivity index (χ1n) is 11.1. The molecule has 0 fully saturated rings. The molecule has 3 nitrogen and oxygen atoms in total. The van der Waals surface area contributed by atoms with Gasteiger partial charge in [0.1, 0.15) is 6.10 Å². The second-order valence-electron chi connectivity index (χ2n) is 7.81. The lowest BCUT2D eigenvalue weighted by molar-refractivity contribution is 0.0831. The number of hydrogen-bond acceptors (Lipinski definition) is 2. The Morgan fingerprint density at radius 2 is 1.61 bits per heavy atom. The van der Waals surface area contributed by atoms with Gasteiger partial charge in [-0.1, -0.05) is 94.8 Å². The SMILES string of the molecule is CCCCCCCCC(CCC)OC(=O)NC(C)c1cccc2ccccc12. The maximum absolute atomic E-state index is 12.5. The minimum atomic E-state index is -0.301. The summed E-state index contributed by atoms with van der Waals surface area (Å²) in [6.07, 6.45) is 10.2. The smallest absolute Gasteiger partial charge is 0.407 e. The van der Waals surface area contributed by atoms with Crippen LogP contribution in [0.25, 0.3) is 10.8 Å². The van der Waals surface area contributed by atoms with E-state index in [0.717, 1.165) is 31.2 Å². The Labute approximate surface area is 170 Å². The van der Waals surface area contributed by atoms with Crippen LogP contribution in [0.4, 0.5) is 4.79 Å². The summed E-state index contributed by atoms with van der Waals surface area (Å²) in [5.74, 6) is 0. The van der Waals surface area contributed by atoms with Gasteiger partial charge in [0.25, 0.3) is 0 Å². The Hall–Kier alpha value is -2.03. The molecule has 2 atom stereocenters. The summed E-state index contributed by atoms with van der Waals surface area (Å²) in [5, 5.41) is 5.40. The number of alkyl carbamates (subject to hydrolysis) is 1. The number of hydrogen-bond donors (Lipinski definition) is 1. The zero-order valence-electron chi connectivity index (χ0n) is 17.9. The average molecular weight is 384 g/mol. The van der Waals surface area contributed by atoms with Gasteiger partial charge < -0.3 is 10.1 Å². The van der Waals surface area contributed by atoms with Crippen LogP contribution in [0.1, 0.15) is 90.2 Å². The molecule has 0 saturated carbocycles. The summed E-state index contributed by atoms with van der Waals surface area (Å²) in [4.78, 5) is 12.5. The molecule has 0 aliphatic rings. The summed E-state index contributed by atoms with van der Waals surface area (Å²) >= 11 is 0. The van der Waals surface area contributed by atoms with Crippen molar-refractivity contribution in [2.24, 2.45) is 0 Å². The van der Waals surface area contributed by atoms with Crippen LogP contribution in [0.2, 0.25) is 0 Å². The average Bonchev–Trinajstić information content (AvgIpc) is 2.70. The summed E-state index contributed by atoms with van der Waals surface area (Å²) in [6.45, 7) is 6.41. The highest BCUT2D eigenvalue weighted by molar-refractivity contribution is 5.86. The van der Waals surface area contributed by atoms with Crippen molar-refractivity contribution in [2.45, 2.75) is 90.7 Å². The fourth-order valence-corrected chi connectivity index (χ4v) is 3.80. The molecule has 0 aromatic heterocycles. The molecule has 2 rings (SSSR count). The van der Waals surface area contributed by atoms with Crippen molar-refractivity contribution in [2.75, 3.05) is 0 Å². The van der Waals surface area contributed by atoms with Gasteiger partial charge in [-0.3, -0.25) is 0 Å². The summed E-state index contributed by atoms with van der Waals surface area (Å²) in [5.41, 5.74) is 1.12. The van der Waals surface area contributed by atoms with Gasteiger partial charge in [0.2, 0.25) is 0 Å². The van der Waals surface area contributed by atoms with E-state index in [4.69, 9.17) is 4.74 Å². The van der Waals surface area contributed by atoms with Crippen LogP contribution >= 0.6 is 0 Å². The lowest BCUT2D eigenvalue weighted by Crippen LogP contribution is -2.31. The number of fused-ring (bicyclic) bond motifs is 1. The first-order valence-corrected chi connectivity index (χ1v) is 11.1. The minimum Gasteiger partial charge on any atom is -0.446 e. The molecule has 1 N–H and O–H groups in total. The molecule has 2 unspecified atom stereocenters. The van der Waals surface area contributed by atoms with Crippen LogP contribution in [-0.4, -0.2) is 12.2 Å². The van der Waals surface area contributed by atoms with Crippen LogP contribution in [-0.2, 0) is 4.74 Å². The number of carbonyl (C=O) groups excluding carboxylic acids is 1. The van der Waals surface area contributed by atoms with E-state index in [-0.39, 0.29) is 18.2 Å². The van der Waals surface area contributed by atoms with Crippen LogP contribution in [0.5, 0.6) is 0 Å². The van der Waals surface area contributed by atoms with E-state index in [1.54, 1.807) is 0 Å². The van der Waals surface area contributed by atoms with E-state index in [1.165, 1.54) is 42.9 Å². The highest BCUT2D eigenvalue weighted by atomic mass is 16.6. The van der Waals surface area contributed by atoms with Gasteiger partial charge >= 0.3 is 6.09 Å². The lowest BCUT2D eigenvalue weighted by atomic mass is 10.00. The van der Waals surface area contributed by atoms with E-state index in [9.17, 15) is 4.79 Å². The molecule has 0 radical (unpaired) electrons. The van der Waals surface area contributed by atoms with Crippen LogP contribution in [0.15, 0.2) is 42.5 Å². The number of rotatable bonds is 12. The highest BCUT2D eigenvalue weighted by Gasteiger charge is 2.17. The number of unbranched alkanes of at least 4 members (excludes halogenated alkanes) is 5. The Kier molecular flexibility index (Phi) is 9.88. The second-order valence-corrected chi connectivity index (χ2v) is 7.81. The van der Waals surface area contributed by atoms with E-state index in [1.807, 2.05) is 25.1 Å². The van der Waals surface area contributed by atoms with E-state index >= 15 is 0 Å². The minimum absolute atomic E-state index is 0.0240. The highest BCUT2D eigenvalue weighted by Crippen LogP contribution is 2.24. The third-order valence-corrected chi connectivity index (χ3v) is 5.39. The fourth-order valence-electron chi connectivity index (χ4n) is 3.80. The molecule has 2 aromatic carbocycles. The monoisotopic (exact) mass is 383 g/mol. The van der Waals surface area contributed by atoms with Crippen molar-refractivity contribution < 1.29 is 9.53 Å². The third kappa shape index (κ3) is 7.18. The zero-order chi connectivity index (χ0) is 20.2. The number of amides is 1. The molecule has 0 spiro atoms. The molecule has 0 aliphatic heterocycles. The van der Waals surface area contributed by atoms with Gasteiger partial charge in [0, 0.05) is 0 Å². The predicted molar refractivity (Wildman–Crippen MR) is 119 cm³/mol. The first kappa shape index (κ1) is 22.3. The van der Waals surface area contributed by atoms with Gasteiger partial charge in [-0.15, -0.1) is 0 Å². The zero-order valence-corrected chi connectivity index (χ0v) is 17.9. The fraction of sp³-hybridized carbons (Fsp3) is 0.560. The maximum atomic E-state index is 12.5. The first-order chi connectivity index (χ1) is 13.7. The quantitative estimate of drug-likeness (QED) is 0.384. The molecule has 154 valence electrons. The largest absolute Gasteiger partial charge is 0.446 e. The van der Waals surface area contributed by atoms with Gasteiger partial charge in [-0.25, -0.2) is 4.79 Å². The normalized spacial score (nSPS) is 13.2. The molecule has 0 bridgehead atoms. The van der Waals surface area contributed by atoms with E-state index < -0.39 is 0 Å². The molecule has 0 saturated heterocycles. The van der Waals surface area contributed by atoms with Crippen molar-refractivity contribution in [3.63, 3.8) is 0 Å². The predicted octanol–water partition coefficient (Wildman–Crippen LogP) is 7.55. The summed E-state index contributed by atoms with van der Waals surface area (Å²) in [6, 6.07) is 14.4. The number of nitrogens with one attached hydrogen (secondary N) is 1. The van der Waals surface area contributed by atoms with Gasteiger partial charge in [0.15, 0.2) is 0 Å². The van der Waals surface area contributed by atoms with Gasteiger partial charge in [0.05, 0.1) is 6.04 Å². The van der Waals surface area contributed by atoms with Crippen LogP contribution < -0.4 is 5.32 Å². The topological polar surface area (TPSA) is 38.3 Å². The second kappa shape index (κ2) is 12.4. The Morgan fingerprint density at radius 1 is 0.893 bits per heavy atom. The van der Waals surface area contributed by atoms with E-state index in [0.29, 0.717) is 0 Å². The molecular formula is C25H37NO2. The van der Waals surface area contributed by atoms with E-state index in [2.05, 4.69) is 43.4 Å². The van der Waals surface area contributed by atoms with Crippen molar-refractivity contribution in [1.82, 2.24) is 5.32 Å². The van der Waals surface area contributed by atoms with Crippen LogP contribution in [0.3, 0.4) is 0 Å². The molecule has 2 aromatic rings. The third-order valence-electron chi connectivity index (χ3n) is 5.39. The number of carbonyl (C=O) groups is 1. The van der Waals surface area contributed by atoms with Crippen LogP contribution in [0, 0.1) is 0 Å². The molecule has 28 heavy (non-hydrogen) atoms. The number of ether oxygens (including phenoxy) is 1. The van der Waals surface area contributed by atoms with Gasteiger partial charge in [-0.2, -0.15) is 0 Å². The Balaban J connectivity index is 1.85. The van der Waals surface area contributed by atoms with Crippen molar-refractivity contribution in [3.05, 3.63) is 48.0 Å². The summed E-state index contributed by atoms with van der Waals surface area (Å²) < 4.78 is 5.77. The molecule has 0 aliphatic carbocycles. The molecule has 0 heterocycles. The Morgan fingerprint density at radius 3 is 2.39 bits per heavy atom. The molecular weight excluding hydrogens is 346 g/mol. The van der Waals surface area contributed by atoms with Gasteiger partial charge in [-0.05, 0) is 42.5 Å².